The van der Waals surface area contributed by atoms with Crippen molar-refractivity contribution in [1.82, 2.24) is 14.8 Å². The van der Waals surface area contributed by atoms with Gasteiger partial charge in [0.2, 0.25) is 0 Å². The molecule has 4 heterocycles. The summed E-state index contributed by atoms with van der Waals surface area (Å²) in [5.74, 6) is -0.214. The van der Waals surface area contributed by atoms with E-state index >= 15 is 0 Å². The highest BCUT2D eigenvalue weighted by molar-refractivity contribution is 7.92. The van der Waals surface area contributed by atoms with Crippen LogP contribution in [0.4, 0.5) is 0 Å². The third-order valence-corrected chi connectivity index (χ3v) is 7.47. The molecular formula is C17H23N3O5S. The van der Waals surface area contributed by atoms with Crippen LogP contribution in [0.15, 0.2) is 24.4 Å². The van der Waals surface area contributed by atoms with Gasteiger partial charge >= 0.3 is 0 Å². The third kappa shape index (κ3) is 3.48. The molecule has 1 aromatic heterocycles. The van der Waals surface area contributed by atoms with Crippen molar-refractivity contribution in [1.29, 1.82) is 0 Å². The molecule has 4 rings (SSSR count). The molecule has 3 fully saturated rings. The minimum Gasteiger partial charge on any atom is -0.379 e. The van der Waals surface area contributed by atoms with Gasteiger partial charge < -0.3 is 14.4 Å². The van der Waals surface area contributed by atoms with E-state index in [1.807, 2.05) is 0 Å². The van der Waals surface area contributed by atoms with Gasteiger partial charge in [-0.2, -0.15) is 0 Å². The van der Waals surface area contributed by atoms with E-state index in [-0.39, 0.29) is 18.3 Å². The first-order valence-electron chi connectivity index (χ1n) is 8.83. The largest absolute Gasteiger partial charge is 0.379 e. The Kier molecular flexibility index (Phi) is 4.72. The highest BCUT2D eigenvalue weighted by Gasteiger charge is 2.54. The van der Waals surface area contributed by atoms with Gasteiger partial charge in [-0.05, 0) is 12.1 Å². The number of ether oxygens (including phenoxy) is 2. The molecule has 9 heteroatoms. The molecular weight excluding hydrogens is 358 g/mol. The lowest BCUT2D eigenvalue weighted by atomic mass is 9.95. The maximum atomic E-state index is 12.8. The van der Waals surface area contributed by atoms with Crippen LogP contribution in [0.3, 0.4) is 0 Å². The number of rotatable bonds is 3. The predicted molar refractivity (Wildman–Crippen MR) is 93.7 cm³/mol. The number of pyridine rings is 1. The quantitative estimate of drug-likeness (QED) is 0.692. The number of hydrogen-bond acceptors (Lipinski definition) is 7. The van der Waals surface area contributed by atoms with Crippen molar-refractivity contribution in [3.63, 3.8) is 0 Å². The zero-order valence-electron chi connectivity index (χ0n) is 14.5. The number of sulfone groups is 1. The Morgan fingerprint density at radius 3 is 2.69 bits per heavy atom. The van der Waals surface area contributed by atoms with Gasteiger partial charge in [0.05, 0.1) is 43.9 Å². The van der Waals surface area contributed by atoms with E-state index < -0.39 is 20.7 Å². The molecule has 3 aliphatic rings. The fourth-order valence-corrected chi connectivity index (χ4v) is 5.71. The average molecular weight is 381 g/mol. The normalized spacial score (nSPS) is 27.8. The maximum Gasteiger partial charge on any atom is 0.272 e. The molecule has 1 spiro atoms. The van der Waals surface area contributed by atoms with Crippen LogP contribution in [-0.4, -0.2) is 98.3 Å². The number of likely N-dealkylation sites (tertiary alicyclic amines) is 1. The van der Waals surface area contributed by atoms with E-state index in [0.29, 0.717) is 38.5 Å². The molecule has 3 aliphatic heterocycles. The standard InChI is InChI=1S/C17H23N3O5S/c21-16(15-3-1-2-4-18-15)20-11-17(12-20)13-26(22,23)14(10-25-17)9-19-5-7-24-8-6-19/h1-4,14H,5-13H2/t14-/m0/s1. The van der Waals surface area contributed by atoms with E-state index in [9.17, 15) is 13.2 Å². The number of carbonyl (C=O) groups excluding carboxylic acids is 1. The number of hydrogen-bond donors (Lipinski definition) is 0. The van der Waals surface area contributed by atoms with Crippen LogP contribution in [0.25, 0.3) is 0 Å². The molecule has 0 N–H and O–H groups in total. The van der Waals surface area contributed by atoms with Crippen LogP contribution in [0.1, 0.15) is 10.5 Å². The Balaban J connectivity index is 1.36. The SMILES string of the molecule is O=C(c1ccccn1)N1CC2(C1)CS(=O)(=O)[C@@H](CN1CCOCC1)CO2. The van der Waals surface area contributed by atoms with Crippen molar-refractivity contribution in [3.8, 4) is 0 Å². The summed E-state index contributed by atoms with van der Waals surface area (Å²) in [7, 11) is -3.27. The summed E-state index contributed by atoms with van der Waals surface area (Å²) < 4.78 is 36.8. The van der Waals surface area contributed by atoms with E-state index in [1.165, 1.54) is 0 Å². The summed E-state index contributed by atoms with van der Waals surface area (Å²) >= 11 is 0. The maximum absolute atomic E-state index is 12.8. The second kappa shape index (κ2) is 6.88. The molecule has 0 aliphatic carbocycles. The summed E-state index contributed by atoms with van der Waals surface area (Å²) in [6, 6.07) is 5.16. The Morgan fingerprint density at radius 1 is 1.27 bits per heavy atom. The van der Waals surface area contributed by atoms with E-state index in [1.54, 1.807) is 29.3 Å². The number of morpholine rings is 1. The number of nitrogens with zero attached hydrogens (tertiary/aromatic N) is 3. The van der Waals surface area contributed by atoms with Gasteiger partial charge in [-0.15, -0.1) is 0 Å². The van der Waals surface area contributed by atoms with Gasteiger partial charge in [0.15, 0.2) is 9.84 Å². The minimum atomic E-state index is -3.27. The molecule has 8 nitrogen and oxygen atoms in total. The van der Waals surface area contributed by atoms with E-state index in [4.69, 9.17) is 9.47 Å². The lowest BCUT2D eigenvalue weighted by molar-refractivity contribution is -0.122. The first-order chi connectivity index (χ1) is 12.5. The van der Waals surface area contributed by atoms with Crippen LogP contribution < -0.4 is 0 Å². The van der Waals surface area contributed by atoms with E-state index in [2.05, 4.69) is 9.88 Å². The lowest BCUT2D eigenvalue weighted by Gasteiger charge is -2.52. The zero-order chi connectivity index (χ0) is 18.2. The average Bonchev–Trinajstić information content (AvgIpc) is 2.62. The summed E-state index contributed by atoms with van der Waals surface area (Å²) in [5, 5.41) is -0.508. The van der Waals surface area contributed by atoms with Crippen LogP contribution in [0, 0.1) is 0 Å². The van der Waals surface area contributed by atoms with Crippen LogP contribution in [0.5, 0.6) is 0 Å². The van der Waals surface area contributed by atoms with Gasteiger partial charge in [-0.3, -0.25) is 14.7 Å². The van der Waals surface area contributed by atoms with Crippen LogP contribution in [-0.2, 0) is 19.3 Å². The molecule has 0 unspecified atom stereocenters. The van der Waals surface area contributed by atoms with Crippen molar-refractivity contribution >= 4 is 15.7 Å². The Bertz CT molecular complexity index is 758. The second-order valence-electron chi connectivity index (χ2n) is 7.21. The fraction of sp³-hybridized carbons (Fsp3) is 0.647. The molecule has 1 amide bonds. The molecule has 0 saturated carbocycles. The molecule has 0 radical (unpaired) electrons. The Morgan fingerprint density at radius 2 is 2.04 bits per heavy atom. The topological polar surface area (TPSA) is 89.0 Å². The van der Waals surface area contributed by atoms with Crippen molar-refractivity contribution < 1.29 is 22.7 Å². The summed E-state index contributed by atoms with van der Waals surface area (Å²) in [5.41, 5.74) is -0.392. The number of amides is 1. The van der Waals surface area contributed by atoms with Gasteiger partial charge in [0.25, 0.3) is 5.91 Å². The fourth-order valence-electron chi connectivity index (χ4n) is 3.76. The lowest BCUT2D eigenvalue weighted by Crippen LogP contribution is -2.71. The molecule has 0 aromatic carbocycles. The first-order valence-corrected chi connectivity index (χ1v) is 10.5. The molecule has 1 atom stereocenters. The van der Waals surface area contributed by atoms with Crippen molar-refractivity contribution in [3.05, 3.63) is 30.1 Å². The van der Waals surface area contributed by atoms with Gasteiger partial charge in [-0.25, -0.2) is 8.42 Å². The van der Waals surface area contributed by atoms with Crippen LogP contribution >= 0.6 is 0 Å². The minimum absolute atomic E-state index is 0.0268. The molecule has 0 bridgehead atoms. The van der Waals surface area contributed by atoms with E-state index in [0.717, 1.165) is 13.1 Å². The number of carbonyl (C=O) groups is 1. The monoisotopic (exact) mass is 381 g/mol. The Labute approximate surface area is 153 Å². The highest BCUT2D eigenvalue weighted by Crippen LogP contribution is 2.33. The molecule has 1 aromatic rings. The summed E-state index contributed by atoms with van der Waals surface area (Å²) in [4.78, 5) is 20.1. The third-order valence-electron chi connectivity index (χ3n) is 5.24. The zero-order valence-corrected chi connectivity index (χ0v) is 15.4. The smallest absolute Gasteiger partial charge is 0.272 e. The molecule has 3 saturated heterocycles. The molecule has 142 valence electrons. The summed E-state index contributed by atoms with van der Waals surface area (Å²) in [6.45, 7) is 4.05. The first kappa shape index (κ1) is 17.8. The highest BCUT2D eigenvalue weighted by atomic mass is 32.2. The van der Waals surface area contributed by atoms with Crippen molar-refractivity contribution in [2.24, 2.45) is 0 Å². The van der Waals surface area contributed by atoms with Crippen LogP contribution in [0.2, 0.25) is 0 Å². The molecule has 26 heavy (non-hydrogen) atoms. The van der Waals surface area contributed by atoms with Gasteiger partial charge in [0, 0.05) is 25.8 Å². The van der Waals surface area contributed by atoms with Crippen molar-refractivity contribution in [2.75, 3.05) is 58.3 Å². The van der Waals surface area contributed by atoms with Gasteiger partial charge in [-0.1, -0.05) is 6.07 Å². The van der Waals surface area contributed by atoms with Crippen molar-refractivity contribution in [2.45, 2.75) is 10.9 Å². The summed E-state index contributed by atoms with van der Waals surface area (Å²) in [6.07, 6.45) is 1.57. The predicted octanol–water partition coefficient (Wildman–Crippen LogP) is -0.578. The Hall–Kier alpha value is -1.55. The number of aromatic nitrogens is 1. The second-order valence-corrected chi connectivity index (χ2v) is 9.49. The van der Waals surface area contributed by atoms with Gasteiger partial charge in [0.1, 0.15) is 11.3 Å².